The normalized spacial score (nSPS) is 12.1. The molecule has 0 atom stereocenters. The number of nitrogens with zero attached hydrogens (tertiary/aromatic N) is 3. The molecular formula is C25H28N8O. The van der Waals surface area contributed by atoms with Crippen molar-refractivity contribution in [3.05, 3.63) is 81.0 Å². The van der Waals surface area contributed by atoms with E-state index in [2.05, 4.69) is 27.2 Å². The molecule has 9 heteroatoms. The minimum atomic E-state index is -0.327. The molecule has 9 nitrogen and oxygen atoms in total. The van der Waals surface area contributed by atoms with Crippen LogP contribution in [0, 0.1) is 31.1 Å². The molecule has 34 heavy (non-hydrogen) atoms. The number of allylic oxidation sites excluding steroid dienone is 1. The summed E-state index contributed by atoms with van der Waals surface area (Å²) in [5.41, 5.74) is 17.9. The second-order valence-electron chi connectivity index (χ2n) is 7.62. The molecule has 0 radical (unpaired) electrons. The lowest BCUT2D eigenvalue weighted by Crippen LogP contribution is -2.38. The van der Waals surface area contributed by atoms with Gasteiger partial charge in [-0.2, -0.15) is 0 Å². The number of rotatable bonds is 5. The van der Waals surface area contributed by atoms with Gasteiger partial charge in [0.1, 0.15) is 11.7 Å². The number of nitrogens with two attached hydrogens (primary N) is 3. The van der Waals surface area contributed by atoms with Crippen molar-refractivity contribution in [2.75, 3.05) is 0 Å². The van der Waals surface area contributed by atoms with E-state index in [0.717, 1.165) is 16.8 Å². The van der Waals surface area contributed by atoms with Crippen LogP contribution in [0.3, 0.4) is 0 Å². The van der Waals surface area contributed by atoms with Gasteiger partial charge in [-0.15, -0.1) is 0 Å². The van der Waals surface area contributed by atoms with E-state index < -0.39 is 0 Å². The summed E-state index contributed by atoms with van der Waals surface area (Å²) < 4.78 is 1.63. The highest BCUT2D eigenvalue weighted by atomic mass is 16.1. The van der Waals surface area contributed by atoms with Crippen LogP contribution in [0.2, 0.25) is 0 Å². The van der Waals surface area contributed by atoms with Crippen molar-refractivity contribution in [3.8, 4) is 17.5 Å². The van der Waals surface area contributed by atoms with Crippen molar-refractivity contribution in [1.29, 1.82) is 5.41 Å². The predicted octanol–water partition coefficient (Wildman–Crippen LogP) is 1.93. The Morgan fingerprint density at radius 1 is 1.21 bits per heavy atom. The number of fused-ring (bicyclic) bond motifs is 1. The van der Waals surface area contributed by atoms with Gasteiger partial charge in [-0.1, -0.05) is 31.0 Å². The zero-order chi connectivity index (χ0) is 24.8. The first-order chi connectivity index (χ1) is 16.3. The Bertz CT molecular complexity index is 1440. The lowest BCUT2D eigenvalue weighted by atomic mass is 10.1. The molecule has 2 heterocycles. The highest BCUT2D eigenvalue weighted by molar-refractivity contribution is 6.22. The smallest absolute Gasteiger partial charge is 0.265 e. The Morgan fingerprint density at radius 2 is 1.94 bits per heavy atom. The molecule has 0 unspecified atom stereocenters. The van der Waals surface area contributed by atoms with Gasteiger partial charge in [-0.05, 0) is 49.1 Å². The summed E-state index contributed by atoms with van der Waals surface area (Å²) in [5.74, 6) is 11.1. The van der Waals surface area contributed by atoms with E-state index in [1.165, 1.54) is 0 Å². The second kappa shape index (κ2) is 10.5. The number of benzene rings is 1. The van der Waals surface area contributed by atoms with Gasteiger partial charge in [0.05, 0.1) is 40.1 Å². The van der Waals surface area contributed by atoms with Crippen LogP contribution in [0.25, 0.3) is 16.6 Å². The van der Waals surface area contributed by atoms with Crippen molar-refractivity contribution < 1.29 is 0 Å². The monoisotopic (exact) mass is 456 g/mol. The molecule has 1 aromatic carbocycles. The number of aromatic nitrogens is 2. The maximum atomic E-state index is 13.6. The van der Waals surface area contributed by atoms with Crippen LogP contribution >= 0.6 is 0 Å². The molecule has 0 aliphatic rings. The van der Waals surface area contributed by atoms with Crippen LogP contribution in [0.5, 0.6) is 0 Å². The molecule has 0 saturated carbocycles. The molecule has 0 spiro atoms. The largest absolute Gasteiger partial charge is 0.391 e. The van der Waals surface area contributed by atoms with E-state index >= 15 is 0 Å². The van der Waals surface area contributed by atoms with Crippen LogP contribution < -0.4 is 28.3 Å². The summed E-state index contributed by atoms with van der Waals surface area (Å²) in [5, 5.41) is 8.48. The predicted molar refractivity (Wildman–Crippen MR) is 136 cm³/mol. The number of hydrazine groups is 1. The van der Waals surface area contributed by atoms with Gasteiger partial charge in [0, 0.05) is 12.6 Å². The summed E-state index contributed by atoms with van der Waals surface area (Å²) in [7, 11) is 0. The van der Waals surface area contributed by atoms with Crippen molar-refractivity contribution >= 4 is 22.6 Å². The topological polar surface area (TPSA) is 161 Å². The first-order valence-electron chi connectivity index (χ1n) is 10.7. The number of hydrogen-bond acceptors (Lipinski definition) is 6. The van der Waals surface area contributed by atoms with Crippen LogP contribution in [0.15, 0.2) is 63.7 Å². The van der Waals surface area contributed by atoms with Gasteiger partial charge in [-0.25, -0.2) is 5.84 Å². The molecule has 0 aliphatic carbocycles. The molecule has 0 saturated heterocycles. The fraction of sp³-hybridized carbons (Fsp3) is 0.200. The third kappa shape index (κ3) is 4.82. The third-order valence-corrected chi connectivity index (χ3v) is 5.26. The minimum Gasteiger partial charge on any atom is -0.391 e. The standard InChI is InChI=1S/C25H28N8O/c1-4-5-9-18(26)22(23(27)28)24(32-29)31-14-17-13-19-21(16(3)11-12-30-19)25(34)33(17)20-10-7-6-8-15(20)2/h6-8,10-13H,4,14,26,29H2,1-3H3,(H3,27,28)(H,31,32). The van der Waals surface area contributed by atoms with Crippen molar-refractivity contribution in [1.82, 2.24) is 15.0 Å². The Hall–Kier alpha value is -4.42. The molecule has 0 aliphatic heterocycles. The lowest BCUT2D eigenvalue weighted by Gasteiger charge is -2.17. The number of pyridine rings is 2. The number of hydrogen-bond donors (Lipinski definition) is 5. The summed E-state index contributed by atoms with van der Waals surface area (Å²) in [6.07, 6.45) is 2.25. The Balaban J connectivity index is 2.26. The van der Waals surface area contributed by atoms with Gasteiger partial charge < -0.3 is 16.9 Å². The Kier molecular flexibility index (Phi) is 7.46. The van der Waals surface area contributed by atoms with E-state index in [1.54, 1.807) is 10.8 Å². The molecule has 0 bridgehead atoms. The van der Waals surface area contributed by atoms with Crippen molar-refractivity contribution in [2.45, 2.75) is 33.7 Å². The lowest BCUT2D eigenvalue weighted by molar-refractivity contribution is 0.854. The van der Waals surface area contributed by atoms with E-state index in [-0.39, 0.29) is 35.0 Å². The number of para-hydroxylation sites is 1. The molecular weight excluding hydrogens is 428 g/mol. The number of nitrogens with one attached hydrogen (secondary N) is 2. The number of amidine groups is 2. The average molecular weight is 457 g/mol. The second-order valence-corrected chi connectivity index (χ2v) is 7.62. The third-order valence-electron chi connectivity index (χ3n) is 5.26. The van der Waals surface area contributed by atoms with Gasteiger partial charge in [0.25, 0.3) is 5.56 Å². The number of aryl methyl sites for hydroxylation is 2. The number of aliphatic imine (C=N–C) groups is 1. The molecule has 3 rings (SSSR count). The highest BCUT2D eigenvalue weighted by Gasteiger charge is 2.17. The van der Waals surface area contributed by atoms with Gasteiger partial charge in [0.15, 0.2) is 0 Å². The van der Waals surface area contributed by atoms with E-state index in [9.17, 15) is 4.79 Å². The quantitative estimate of drug-likeness (QED) is 0.130. The molecule has 2 aromatic heterocycles. The fourth-order valence-corrected chi connectivity index (χ4v) is 3.63. The molecule has 8 N–H and O–H groups in total. The molecule has 0 amide bonds. The molecule has 0 fully saturated rings. The van der Waals surface area contributed by atoms with Gasteiger partial charge in [-0.3, -0.25) is 24.7 Å². The zero-order valence-corrected chi connectivity index (χ0v) is 19.4. The first kappa shape index (κ1) is 24.2. The Labute approximate surface area is 197 Å². The first-order valence-corrected chi connectivity index (χ1v) is 10.7. The van der Waals surface area contributed by atoms with E-state index in [1.807, 2.05) is 57.2 Å². The minimum absolute atomic E-state index is 0.0416. The SMILES string of the molecule is CCC#CC(N)=C(C(=N)N)C(=NCc1cc2nccc(C)c2c(=O)n1-c1ccccc1C)NN. The maximum absolute atomic E-state index is 13.6. The van der Waals surface area contributed by atoms with Crippen LogP contribution in [-0.4, -0.2) is 21.2 Å². The van der Waals surface area contributed by atoms with Crippen LogP contribution in [0.1, 0.15) is 30.2 Å². The summed E-state index contributed by atoms with van der Waals surface area (Å²) in [6.45, 7) is 5.74. The summed E-state index contributed by atoms with van der Waals surface area (Å²) in [6, 6.07) is 11.2. The zero-order valence-electron chi connectivity index (χ0n) is 19.4. The van der Waals surface area contributed by atoms with Crippen LogP contribution in [0.4, 0.5) is 0 Å². The van der Waals surface area contributed by atoms with E-state index in [0.29, 0.717) is 23.0 Å². The average Bonchev–Trinajstić information content (AvgIpc) is 2.80. The molecule has 3 aromatic rings. The van der Waals surface area contributed by atoms with Crippen molar-refractivity contribution in [2.24, 2.45) is 22.3 Å². The summed E-state index contributed by atoms with van der Waals surface area (Å²) in [4.78, 5) is 22.5. The van der Waals surface area contributed by atoms with Gasteiger partial charge >= 0.3 is 0 Å². The summed E-state index contributed by atoms with van der Waals surface area (Å²) >= 11 is 0. The Morgan fingerprint density at radius 3 is 2.59 bits per heavy atom. The highest BCUT2D eigenvalue weighted by Crippen LogP contribution is 2.20. The van der Waals surface area contributed by atoms with Crippen LogP contribution in [-0.2, 0) is 6.54 Å². The molecule has 174 valence electrons. The van der Waals surface area contributed by atoms with E-state index in [4.69, 9.17) is 22.7 Å². The van der Waals surface area contributed by atoms with Gasteiger partial charge in [0.2, 0.25) is 0 Å². The van der Waals surface area contributed by atoms with Crippen molar-refractivity contribution in [3.63, 3.8) is 0 Å². The fourth-order valence-electron chi connectivity index (χ4n) is 3.63. The maximum Gasteiger partial charge on any atom is 0.265 e.